The molecule has 0 aliphatic rings. The van der Waals surface area contributed by atoms with E-state index in [1.165, 1.54) is 5.56 Å². The molecule has 13 heavy (non-hydrogen) atoms. The van der Waals surface area contributed by atoms with Crippen LogP contribution >= 0.6 is 15.9 Å². The number of aromatic nitrogens is 1. The fourth-order valence-electron chi connectivity index (χ4n) is 1.14. The minimum Gasteiger partial charge on any atom is -0.360 e. The average molecular weight is 238 g/mol. The van der Waals surface area contributed by atoms with Gasteiger partial charge in [-0.3, -0.25) is 0 Å². The zero-order valence-electron chi connectivity index (χ0n) is 6.85. The lowest BCUT2D eigenvalue weighted by Gasteiger charge is -2.04. The van der Waals surface area contributed by atoms with Gasteiger partial charge in [-0.05, 0) is 5.56 Å². The van der Waals surface area contributed by atoms with Gasteiger partial charge in [0.25, 0.3) is 0 Å². The van der Waals surface area contributed by atoms with E-state index < -0.39 is 0 Å². The molecule has 1 atom stereocenters. The smallest absolute Gasteiger partial charge is 0.154 e. The van der Waals surface area contributed by atoms with Crippen LogP contribution < -0.4 is 0 Å². The summed E-state index contributed by atoms with van der Waals surface area (Å²) in [6.07, 6.45) is 1.65. The van der Waals surface area contributed by atoms with Crippen LogP contribution in [0.2, 0.25) is 0 Å². The number of rotatable bonds is 2. The first-order valence-corrected chi connectivity index (χ1v) is 4.89. The molecule has 0 aliphatic heterocycles. The zero-order valence-corrected chi connectivity index (χ0v) is 8.44. The van der Waals surface area contributed by atoms with Gasteiger partial charge in [0.05, 0.1) is 6.20 Å². The van der Waals surface area contributed by atoms with Crippen LogP contribution in [0.15, 0.2) is 47.1 Å². The van der Waals surface area contributed by atoms with E-state index in [1.54, 1.807) is 6.20 Å². The lowest BCUT2D eigenvalue weighted by molar-refractivity contribution is 0.389. The van der Waals surface area contributed by atoms with Gasteiger partial charge in [0.15, 0.2) is 5.76 Å². The molecule has 0 saturated carbocycles. The van der Waals surface area contributed by atoms with Gasteiger partial charge in [0, 0.05) is 6.07 Å². The van der Waals surface area contributed by atoms with E-state index in [4.69, 9.17) is 4.52 Å². The van der Waals surface area contributed by atoms with Crippen molar-refractivity contribution in [3.8, 4) is 0 Å². The third-order valence-corrected chi connectivity index (χ3v) is 2.78. The molecule has 2 aromatic rings. The Balaban J connectivity index is 2.29. The number of halogens is 1. The van der Waals surface area contributed by atoms with E-state index in [0.29, 0.717) is 0 Å². The van der Waals surface area contributed by atoms with E-state index in [-0.39, 0.29) is 4.83 Å². The van der Waals surface area contributed by atoms with Crippen LogP contribution in [-0.2, 0) is 0 Å². The van der Waals surface area contributed by atoms with Gasteiger partial charge in [0.2, 0.25) is 0 Å². The van der Waals surface area contributed by atoms with Crippen molar-refractivity contribution in [3.63, 3.8) is 0 Å². The Labute approximate surface area is 84.7 Å². The first-order chi connectivity index (χ1) is 6.38. The molecule has 2 nitrogen and oxygen atoms in total. The standard InChI is InChI=1S/C10H8BrNO/c11-10(9-6-7-12-13-9)8-4-2-1-3-5-8/h1-7,10H. The van der Waals surface area contributed by atoms with E-state index in [1.807, 2.05) is 36.4 Å². The molecule has 1 aromatic heterocycles. The van der Waals surface area contributed by atoms with E-state index >= 15 is 0 Å². The lowest BCUT2D eigenvalue weighted by atomic mass is 10.1. The summed E-state index contributed by atoms with van der Waals surface area (Å²) in [6, 6.07) is 11.9. The molecule has 0 spiro atoms. The maximum atomic E-state index is 5.05. The largest absolute Gasteiger partial charge is 0.360 e. The molecular weight excluding hydrogens is 230 g/mol. The summed E-state index contributed by atoms with van der Waals surface area (Å²) < 4.78 is 5.05. The first kappa shape index (κ1) is 8.51. The highest BCUT2D eigenvalue weighted by atomic mass is 79.9. The number of hydrogen-bond acceptors (Lipinski definition) is 2. The van der Waals surface area contributed by atoms with Gasteiger partial charge < -0.3 is 4.52 Å². The summed E-state index contributed by atoms with van der Waals surface area (Å²) in [5.74, 6) is 0.825. The Morgan fingerprint density at radius 3 is 2.54 bits per heavy atom. The second-order valence-corrected chi connectivity index (χ2v) is 3.60. The molecule has 0 aliphatic carbocycles. The number of hydrogen-bond donors (Lipinski definition) is 0. The van der Waals surface area contributed by atoms with Crippen LogP contribution in [0, 0.1) is 0 Å². The quantitative estimate of drug-likeness (QED) is 0.751. The van der Waals surface area contributed by atoms with Crippen molar-refractivity contribution < 1.29 is 4.52 Å². The minimum atomic E-state index is 0.0937. The van der Waals surface area contributed by atoms with E-state index in [9.17, 15) is 0 Å². The van der Waals surface area contributed by atoms with Crippen LogP contribution in [0.5, 0.6) is 0 Å². The topological polar surface area (TPSA) is 26.0 Å². The molecule has 66 valence electrons. The molecule has 1 heterocycles. The van der Waals surface area contributed by atoms with Crippen molar-refractivity contribution >= 4 is 15.9 Å². The second-order valence-electron chi connectivity index (χ2n) is 2.69. The summed E-state index contributed by atoms with van der Waals surface area (Å²) in [7, 11) is 0. The Kier molecular flexibility index (Phi) is 2.45. The summed E-state index contributed by atoms with van der Waals surface area (Å²) in [5.41, 5.74) is 1.17. The summed E-state index contributed by atoms with van der Waals surface area (Å²) in [4.78, 5) is 0.0937. The summed E-state index contributed by atoms with van der Waals surface area (Å²) in [5, 5.41) is 3.66. The Bertz CT molecular complexity index is 358. The van der Waals surface area contributed by atoms with Crippen LogP contribution in [0.25, 0.3) is 0 Å². The van der Waals surface area contributed by atoms with Crippen LogP contribution in [-0.4, -0.2) is 5.16 Å². The fraction of sp³-hybridized carbons (Fsp3) is 0.100. The predicted molar refractivity (Wildman–Crippen MR) is 53.7 cm³/mol. The van der Waals surface area contributed by atoms with E-state index in [2.05, 4.69) is 21.1 Å². The third-order valence-electron chi connectivity index (χ3n) is 1.80. The van der Waals surface area contributed by atoms with Crippen molar-refractivity contribution in [1.29, 1.82) is 0 Å². The summed E-state index contributed by atoms with van der Waals surface area (Å²) in [6.45, 7) is 0. The molecule has 3 heteroatoms. The molecular formula is C10H8BrNO. The van der Waals surface area contributed by atoms with Crippen LogP contribution in [0.1, 0.15) is 16.2 Å². The van der Waals surface area contributed by atoms with Gasteiger partial charge in [-0.2, -0.15) is 0 Å². The van der Waals surface area contributed by atoms with Crippen molar-refractivity contribution in [3.05, 3.63) is 53.9 Å². The SMILES string of the molecule is BrC(c1ccccc1)c1ccno1. The monoisotopic (exact) mass is 237 g/mol. The average Bonchev–Trinajstić information content (AvgIpc) is 2.71. The first-order valence-electron chi connectivity index (χ1n) is 3.97. The normalized spacial score (nSPS) is 12.7. The number of nitrogens with zero attached hydrogens (tertiary/aromatic N) is 1. The summed E-state index contributed by atoms with van der Waals surface area (Å²) >= 11 is 3.54. The predicted octanol–water partition coefficient (Wildman–Crippen LogP) is 3.16. The number of benzene rings is 1. The molecule has 0 radical (unpaired) electrons. The molecule has 0 bridgehead atoms. The van der Waals surface area contributed by atoms with E-state index in [0.717, 1.165) is 5.76 Å². The molecule has 0 N–H and O–H groups in total. The number of alkyl halides is 1. The maximum absolute atomic E-state index is 5.05. The van der Waals surface area contributed by atoms with Gasteiger partial charge in [-0.25, -0.2) is 0 Å². The van der Waals surface area contributed by atoms with Crippen LogP contribution in [0.4, 0.5) is 0 Å². The molecule has 1 aromatic carbocycles. The van der Waals surface area contributed by atoms with Crippen molar-refractivity contribution in [2.45, 2.75) is 4.83 Å². The van der Waals surface area contributed by atoms with Gasteiger partial charge in [0.1, 0.15) is 4.83 Å². The Morgan fingerprint density at radius 2 is 1.92 bits per heavy atom. The maximum Gasteiger partial charge on any atom is 0.154 e. The molecule has 0 amide bonds. The minimum absolute atomic E-state index is 0.0937. The van der Waals surface area contributed by atoms with Crippen molar-refractivity contribution in [1.82, 2.24) is 5.16 Å². The fourth-order valence-corrected chi connectivity index (χ4v) is 1.68. The highest BCUT2D eigenvalue weighted by molar-refractivity contribution is 9.09. The van der Waals surface area contributed by atoms with Gasteiger partial charge in [-0.1, -0.05) is 51.4 Å². The van der Waals surface area contributed by atoms with Gasteiger partial charge >= 0.3 is 0 Å². The molecule has 0 saturated heterocycles. The van der Waals surface area contributed by atoms with Crippen molar-refractivity contribution in [2.24, 2.45) is 0 Å². The Hall–Kier alpha value is -1.09. The second kappa shape index (κ2) is 3.75. The highest BCUT2D eigenvalue weighted by Gasteiger charge is 2.12. The highest BCUT2D eigenvalue weighted by Crippen LogP contribution is 2.29. The molecule has 2 rings (SSSR count). The van der Waals surface area contributed by atoms with Crippen molar-refractivity contribution in [2.75, 3.05) is 0 Å². The molecule has 0 fully saturated rings. The Morgan fingerprint density at radius 1 is 1.15 bits per heavy atom. The van der Waals surface area contributed by atoms with Crippen LogP contribution in [0.3, 0.4) is 0 Å². The third kappa shape index (κ3) is 1.80. The zero-order chi connectivity index (χ0) is 9.10. The molecule has 1 unspecified atom stereocenters. The van der Waals surface area contributed by atoms with Gasteiger partial charge in [-0.15, -0.1) is 0 Å². The lowest BCUT2D eigenvalue weighted by Crippen LogP contribution is -1.89.